The van der Waals surface area contributed by atoms with Gasteiger partial charge in [0.1, 0.15) is 11.6 Å². The zero-order valence-corrected chi connectivity index (χ0v) is 13.5. The number of aryl methyl sites for hydroxylation is 1. The maximum atomic E-state index is 13.9. The number of rotatable bonds is 4. The van der Waals surface area contributed by atoms with Crippen molar-refractivity contribution in [3.05, 3.63) is 58.7 Å². The summed E-state index contributed by atoms with van der Waals surface area (Å²) in [7, 11) is 3.10. The molecule has 0 heterocycles. The van der Waals surface area contributed by atoms with Gasteiger partial charge in [-0.3, -0.25) is 0 Å². The van der Waals surface area contributed by atoms with Crippen LogP contribution >= 0.6 is 15.9 Å². The highest BCUT2D eigenvalue weighted by molar-refractivity contribution is 9.09. The van der Waals surface area contributed by atoms with Gasteiger partial charge < -0.3 is 9.47 Å². The van der Waals surface area contributed by atoms with Gasteiger partial charge in [0.05, 0.1) is 19.0 Å². The number of benzene rings is 2. The van der Waals surface area contributed by atoms with Gasteiger partial charge in [-0.1, -0.05) is 22.0 Å². The standard InChI is InChI=1S/C16H15BrF2O2/c1-9-6-14(20-2)15(21-3)8-12(9)16(17)11-5-4-10(18)7-13(11)19/h4-8,16H,1-3H3. The minimum atomic E-state index is -0.597. The van der Waals surface area contributed by atoms with E-state index < -0.39 is 16.5 Å². The van der Waals surface area contributed by atoms with Crippen molar-refractivity contribution in [2.75, 3.05) is 14.2 Å². The van der Waals surface area contributed by atoms with Crippen LogP contribution in [0.15, 0.2) is 30.3 Å². The molecule has 2 aromatic rings. The second-order valence-electron chi connectivity index (χ2n) is 4.59. The lowest BCUT2D eigenvalue weighted by Gasteiger charge is -2.17. The topological polar surface area (TPSA) is 18.5 Å². The van der Waals surface area contributed by atoms with E-state index in [1.165, 1.54) is 12.1 Å². The van der Waals surface area contributed by atoms with E-state index in [0.29, 0.717) is 17.1 Å². The van der Waals surface area contributed by atoms with Crippen LogP contribution in [0.2, 0.25) is 0 Å². The smallest absolute Gasteiger partial charge is 0.161 e. The molecule has 2 rings (SSSR count). The molecule has 0 fully saturated rings. The van der Waals surface area contributed by atoms with Gasteiger partial charge in [-0.2, -0.15) is 0 Å². The second kappa shape index (κ2) is 6.43. The lowest BCUT2D eigenvalue weighted by atomic mass is 9.99. The number of ether oxygens (including phenoxy) is 2. The van der Waals surface area contributed by atoms with E-state index in [4.69, 9.17) is 9.47 Å². The molecule has 1 unspecified atom stereocenters. The summed E-state index contributed by atoms with van der Waals surface area (Å²) in [5.74, 6) is -0.0193. The van der Waals surface area contributed by atoms with E-state index >= 15 is 0 Å². The Morgan fingerprint density at radius 1 is 0.952 bits per heavy atom. The highest BCUT2D eigenvalue weighted by Crippen LogP contribution is 2.39. The Kier molecular flexibility index (Phi) is 4.83. The Bertz CT molecular complexity index is 659. The molecule has 2 aromatic carbocycles. The Balaban J connectivity index is 2.50. The SMILES string of the molecule is COc1cc(C)c(C(Br)c2ccc(F)cc2F)cc1OC. The van der Waals surface area contributed by atoms with E-state index in [0.717, 1.165) is 17.2 Å². The number of hydrogen-bond donors (Lipinski definition) is 0. The fourth-order valence-electron chi connectivity index (χ4n) is 2.14. The summed E-state index contributed by atoms with van der Waals surface area (Å²) in [6.07, 6.45) is 0. The van der Waals surface area contributed by atoms with Crippen molar-refractivity contribution in [3.8, 4) is 11.5 Å². The summed E-state index contributed by atoms with van der Waals surface area (Å²) < 4.78 is 37.4. The average Bonchev–Trinajstić information content (AvgIpc) is 2.46. The van der Waals surface area contributed by atoms with Crippen LogP contribution in [0.5, 0.6) is 11.5 Å². The van der Waals surface area contributed by atoms with Crippen LogP contribution in [-0.2, 0) is 0 Å². The molecule has 5 heteroatoms. The quantitative estimate of drug-likeness (QED) is 0.734. The number of hydrogen-bond acceptors (Lipinski definition) is 2. The van der Waals surface area contributed by atoms with Crippen LogP contribution in [0.1, 0.15) is 21.5 Å². The van der Waals surface area contributed by atoms with Gasteiger partial charge >= 0.3 is 0 Å². The number of halogens is 3. The molecule has 1 atom stereocenters. The molecule has 21 heavy (non-hydrogen) atoms. The second-order valence-corrected chi connectivity index (χ2v) is 5.51. The molecule has 0 aliphatic rings. The fraction of sp³-hybridized carbons (Fsp3) is 0.250. The van der Waals surface area contributed by atoms with E-state index in [-0.39, 0.29) is 0 Å². The first-order valence-corrected chi connectivity index (χ1v) is 7.21. The maximum absolute atomic E-state index is 13.9. The summed E-state index contributed by atoms with van der Waals surface area (Å²) in [5.41, 5.74) is 2.11. The van der Waals surface area contributed by atoms with Gasteiger partial charge in [-0.15, -0.1) is 0 Å². The summed E-state index contributed by atoms with van der Waals surface area (Å²) in [4.78, 5) is -0.405. The third-order valence-electron chi connectivity index (χ3n) is 3.28. The number of alkyl halides is 1. The third kappa shape index (κ3) is 3.18. The average molecular weight is 357 g/mol. The molecular formula is C16H15BrF2O2. The van der Waals surface area contributed by atoms with E-state index in [9.17, 15) is 8.78 Å². The lowest BCUT2D eigenvalue weighted by molar-refractivity contribution is 0.354. The van der Waals surface area contributed by atoms with Crippen LogP contribution in [0.25, 0.3) is 0 Å². The Labute approximate surface area is 130 Å². The minimum absolute atomic E-state index is 0.367. The molecule has 0 amide bonds. The van der Waals surface area contributed by atoms with Gasteiger partial charge in [0, 0.05) is 11.6 Å². The summed E-state index contributed by atoms with van der Waals surface area (Å²) in [5, 5.41) is 0. The van der Waals surface area contributed by atoms with Crippen LogP contribution < -0.4 is 9.47 Å². The van der Waals surface area contributed by atoms with Gasteiger partial charge in [-0.25, -0.2) is 8.78 Å². The van der Waals surface area contributed by atoms with Crippen molar-refractivity contribution in [1.82, 2.24) is 0 Å². The van der Waals surface area contributed by atoms with Crippen molar-refractivity contribution < 1.29 is 18.3 Å². The van der Waals surface area contributed by atoms with Crippen molar-refractivity contribution in [3.63, 3.8) is 0 Å². The first-order chi connectivity index (χ1) is 9.97. The Hall–Kier alpha value is -1.62. The minimum Gasteiger partial charge on any atom is -0.493 e. The first-order valence-electron chi connectivity index (χ1n) is 6.29. The van der Waals surface area contributed by atoms with Crippen molar-refractivity contribution in [2.24, 2.45) is 0 Å². The number of methoxy groups -OCH3 is 2. The van der Waals surface area contributed by atoms with E-state index in [2.05, 4.69) is 15.9 Å². The molecule has 0 saturated heterocycles. The lowest BCUT2D eigenvalue weighted by Crippen LogP contribution is -2.01. The van der Waals surface area contributed by atoms with Gasteiger partial charge in [0.25, 0.3) is 0 Å². The summed E-state index contributed by atoms with van der Waals surface area (Å²) in [6.45, 7) is 1.90. The molecule has 0 N–H and O–H groups in total. The van der Waals surface area contributed by atoms with Gasteiger partial charge in [0.15, 0.2) is 11.5 Å². The van der Waals surface area contributed by atoms with E-state index in [1.54, 1.807) is 20.3 Å². The molecule has 0 spiro atoms. The van der Waals surface area contributed by atoms with Crippen LogP contribution in [0, 0.1) is 18.6 Å². The van der Waals surface area contributed by atoms with Crippen LogP contribution in [-0.4, -0.2) is 14.2 Å². The molecule has 0 radical (unpaired) electrons. The molecule has 0 aromatic heterocycles. The molecular weight excluding hydrogens is 342 g/mol. The highest BCUT2D eigenvalue weighted by atomic mass is 79.9. The van der Waals surface area contributed by atoms with Crippen LogP contribution in [0.4, 0.5) is 8.78 Å². The molecule has 0 aliphatic heterocycles. The highest BCUT2D eigenvalue weighted by Gasteiger charge is 2.19. The molecule has 0 aliphatic carbocycles. The first kappa shape index (κ1) is 15.8. The zero-order valence-electron chi connectivity index (χ0n) is 11.9. The molecule has 2 nitrogen and oxygen atoms in total. The molecule has 112 valence electrons. The monoisotopic (exact) mass is 356 g/mol. The fourth-order valence-corrected chi connectivity index (χ4v) is 3.01. The van der Waals surface area contributed by atoms with Crippen molar-refractivity contribution in [2.45, 2.75) is 11.8 Å². The third-order valence-corrected chi connectivity index (χ3v) is 4.27. The molecule has 0 saturated carbocycles. The predicted molar refractivity (Wildman–Crippen MR) is 81.4 cm³/mol. The van der Waals surface area contributed by atoms with E-state index in [1.807, 2.05) is 13.0 Å². The Morgan fingerprint density at radius 2 is 1.57 bits per heavy atom. The van der Waals surface area contributed by atoms with Gasteiger partial charge in [-0.05, 0) is 36.2 Å². The normalized spacial score (nSPS) is 12.1. The van der Waals surface area contributed by atoms with Gasteiger partial charge in [0.2, 0.25) is 0 Å². The predicted octanol–water partition coefficient (Wildman–Crippen LogP) is 4.77. The Morgan fingerprint density at radius 3 is 2.14 bits per heavy atom. The zero-order chi connectivity index (χ0) is 15.6. The maximum Gasteiger partial charge on any atom is 0.161 e. The van der Waals surface area contributed by atoms with Crippen LogP contribution in [0.3, 0.4) is 0 Å². The largest absolute Gasteiger partial charge is 0.493 e. The summed E-state index contributed by atoms with van der Waals surface area (Å²) in [6, 6.07) is 7.16. The van der Waals surface area contributed by atoms with Crippen molar-refractivity contribution in [1.29, 1.82) is 0 Å². The summed E-state index contributed by atoms with van der Waals surface area (Å²) >= 11 is 3.47. The van der Waals surface area contributed by atoms with Crippen molar-refractivity contribution >= 4 is 15.9 Å². The molecule has 0 bridgehead atoms.